The first-order valence-corrected chi connectivity index (χ1v) is 7.64. The van der Waals surface area contributed by atoms with Crippen molar-refractivity contribution in [1.29, 1.82) is 0 Å². The third-order valence-electron chi connectivity index (χ3n) is 3.88. The molecule has 112 valence electrons. The topological polar surface area (TPSA) is 61.3 Å². The zero-order chi connectivity index (χ0) is 14.5. The summed E-state index contributed by atoms with van der Waals surface area (Å²) in [4.78, 5) is 11.4. The Morgan fingerprint density at radius 1 is 1.30 bits per heavy atom. The second-order valence-electron chi connectivity index (χ2n) is 5.52. The first-order valence-electron chi connectivity index (χ1n) is 7.64. The summed E-state index contributed by atoms with van der Waals surface area (Å²) in [5.41, 5.74) is 1.09. The molecule has 0 spiro atoms. The second kappa shape index (κ2) is 6.88. The molecule has 1 aromatic heterocycles. The summed E-state index contributed by atoms with van der Waals surface area (Å²) in [6, 6.07) is 0.191. The van der Waals surface area contributed by atoms with E-state index in [0.29, 0.717) is 0 Å². The Balaban J connectivity index is 2.31. The Bertz CT molecular complexity index is 450. The number of piperidine rings is 1. The number of aliphatic hydroxyl groups is 1. The third-order valence-corrected chi connectivity index (χ3v) is 3.88. The number of hydrogen-bond acceptors (Lipinski definition) is 5. The van der Waals surface area contributed by atoms with Crippen LogP contribution in [0.15, 0.2) is 0 Å². The molecular weight excluding hydrogens is 252 g/mol. The standard InChI is InChI=1S/C15H26N4O/c1-4-8-16-14-11(2)15(18-12(3)17-14)19-9-6-5-7-13(19)10-20/h13,20H,4-10H2,1-3H3,(H,16,17,18). The van der Waals surface area contributed by atoms with Gasteiger partial charge in [-0.15, -0.1) is 0 Å². The predicted molar refractivity (Wildman–Crippen MR) is 82.4 cm³/mol. The molecule has 0 bridgehead atoms. The molecule has 2 heterocycles. The fourth-order valence-corrected chi connectivity index (χ4v) is 2.78. The number of nitrogens with one attached hydrogen (secondary N) is 1. The molecule has 5 nitrogen and oxygen atoms in total. The molecule has 1 aromatic rings. The highest BCUT2D eigenvalue weighted by Crippen LogP contribution is 2.29. The van der Waals surface area contributed by atoms with Gasteiger partial charge in [0.15, 0.2) is 0 Å². The Morgan fingerprint density at radius 3 is 2.80 bits per heavy atom. The lowest BCUT2D eigenvalue weighted by Crippen LogP contribution is -2.43. The van der Waals surface area contributed by atoms with Gasteiger partial charge in [0.1, 0.15) is 17.5 Å². The van der Waals surface area contributed by atoms with Crippen LogP contribution in [0.3, 0.4) is 0 Å². The minimum Gasteiger partial charge on any atom is -0.394 e. The van der Waals surface area contributed by atoms with Crippen LogP contribution in [0.5, 0.6) is 0 Å². The molecule has 0 aromatic carbocycles. The molecule has 2 N–H and O–H groups in total. The molecule has 1 aliphatic rings. The van der Waals surface area contributed by atoms with E-state index in [1.807, 2.05) is 6.92 Å². The molecule has 1 unspecified atom stereocenters. The van der Waals surface area contributed by atoms with E-state index < -0.39 is 0 Å². The lowest BCUT2D eigenvalue weighted by Gasteiger charge is -2.36. The van der Waals surface area contributed by atoms with Crippen molar-refractivity contribution >= 4 is 11.6 Å². The van der Waals surface area contributed by atoms with Crippen molar-refractivity contribution in [3.05, 3.63) is 11.4 Å². The van der Waals surface area contributed by atoms with Gasteiger partial charge in [0, 0.05) is 18.7 Å². The Morgan fingerprint density at radius 2 is 2.10 bits per heavy atom. The Labute approximate surface area is 121 Å². The van der Waals surface area contributed by atoms with Crippen LogP contribution >= 0.6 is 0 Å². The van der Waals surface area contributed by atoms with Gasteiger partial charge in [-0.2, -0.15) is 0 Å². The SMILES string of the molecule is CCCNc1nc(C)nc(N2CCCCC2CO)c1C. The number of hydrogen-bond donors (Lipinski definition) is 2. The molecular formula is C15H26N4O. The van der Waals surface area contributed by atoms with Crippen LogP contribution in [0.25, 0.3) is 0 Å². The average molecular weight is 278 g/mol. The van der Waals surface area contributed by atoms with E-state index in [4.69, 9.17) is 0 Å². The number of rotatable bonds is 5. The molecule has 0 saturated carbocycles. The van der Waals surface area contributed by atoms with E-state index in [1.165, 1.54) is 6.42 Å². The molecule has 2 rings (SSSR count). The van der Waals surface area contributed by atoms with Crippen molar-refractivity contribution in [3.8, 4) is 0 Å². The van der Waals surface area contributed by atoms with Crippen LogP contribution in [-0.2, 0) is 0 Å². The van der Waals surface area contributed by atoms with Crippen LogP contribution in [0.2, 0.25) is 0 Å². The van der Waals surface area contributed by atoms with E-state index >= 15 is 0 Å². The molecule has 1 atom stereocenters. The first-order chi connectivity index (χ1) is 9.67. The number of aryl methyl sites for hydroxylation is 1. The zero-order valence-corrected chi connectivity index (χ0v) is 12.8. The summed E-state index contributed by atoms with van der Waals surface area (Å²) in [6.45, 7) is 8.22. The monoisotopic (exact) mass is 278 g/mol. The maximum absolute atomic E-state index is 9.59. The number of aliphatic hydroxyl groups excluding tert-OH is 1. The van der Waals surface area contributed by atoms with E-state index in [9.17, 15) is 5.11 Å². The summed E-state index contributed by atoms with van der Waals surface area (Å²) >= 11 is 0. The molecule has 1 aliphatic heterocycles. The van der Waals surface area contributed by atoms with Crippen LogP contribution in [0.4, 0.5) is 11.6 Å². The zero-order valence-electron chi connectivity index (χ0n) is 12.8. The fraction of sp³-hybridized carbons (Fsp3) is 0.733. The van der Waals surface area contributed by atoms with Crippen molar-refractivity contribution < 1.29 is 5.11 Å². The number of aromatic nitrogens is 2. The smallest absolute Gasteiger partial charge is 0.137 e. The summed E-state index contributed by atoms with van der Waals surface area (Å²) in [5.74, 6) is 2.69. The van der Waals surface area contributed by atoms with Gasteiger partial charge in [0.25, 0.3) is 0 Å². The van der Waals surface area contributed by atoms with Crippen molar-refractivity contribution in [3.63, 3.8) is 0 Å². The van der Waals surface area contributed by atoms with Gasteiger partial charge in [-0.05, 0) is 39.5 Å². The largest absolute Gasteiger partial charge is 0.394 e. The van der Waals surface area contributed by atoms with Crippen molar-refractivity contribution in [2.75, 3.05) is 29.9 Å². The fourth-order valence-electron chi connectivity index (χ4n) is 2.78. The molecule has 0 radical (unpaired) electrons. The minimum atomic E-state index is 0.191. The van der Waals surface area contributed by atoms with Crippen molar-refractivity contribution in [2.45, 2.75) is 52.5 Å². The van der Waals surface area contributed by atoms with Crippen LogP contribution in [0, 0.1) is 13.8 Å². The van der Waals surface area contributed by atoms with Gasteiger partial charge in [-0.1, -0.05) is 6.92 Å². The van der Waals surface area contributed by atoms with Crippen molar-refractivity contribution in [1.82, 2.24) is 9.97 Å². The molecule has 0 amide bonds. The summed E-state index contributed by atoms with van der Waals surface area (Å²) in [5, 5.41) is 13.0. The molecule has 0 aliphatic carbocycles. The van der Waals surface area contributed by atoms with E-state index in [1.54, 1.807) is 0 Å². The van der Waals surface area contributed by atoms with Gasteiger partial charge in [-0.3, -0.25) is 0 Å². The van der Waals surface area contributed by atoms with Crippen molar-refractivity contribution in [2.24, 2.45) is 0 Å². The van der Waals surface area contributed by atoms with E-state index in [0.717, 1.165) is 55.4 Å². The highest BCUT2D eigenvalue weighted by atomic mass is 16.3. The van der Waals surface area contributed by atoms with Crippen LogP contribution in [-0.4, -0.2) is 40.8 Å². The van der Waals surface area contributed by atoms with E-state index in [-0.39, 0.29) is 12.6 Å². The normalized spacial score (nSPS) is 19.2. The second-order valence-corrected chi connectivity index (χ2v) is 5.52. The predicted octanol–water partition coefficient (Wildman–Crippen LogP) is 2.27. The minimum absolute atomic E-state index is 0.191. The number of nitrogens with zero attached hydrogens (tertiary/aromatic N) is 3. The van der Waals surface area contributed by atoms with Gasteiger partial charge in [0.2, 0.25) is 0 Å². The van der Waals surface area contributed by atoms with Gasteiger partial charge in [0.05, 0.1) is 12.6 Å². The van der Waals surface area contributed by atoms with Gasteiger partial charge in [-0.25, -0.2) is 9.97 Å². The lowest BCUT2D eigenvalue weighted by atomic mass is 10.0. The Kier molecular flexibility index (Phi) is 5.17. The average Bonchev–Trinajstić information content (AvgIpc) is 2.47. The van der Waals surface area contributed by atoms with Crippen LogP contribution in [0.1, 0.15) is 44.0 Å². The third kappa shape index (κ3) is 3.20. The first kappa shape index (κ1) is 15.0. The van der Waals surface area contributed by atoms with Crippen LogP contribution < -0.4 is 10.2 Å². The summed E-state index contributed by atoms with van der Waals surface area (Å²) < 4.78 is 0. The number of anilines is 2. The molecule has 5 heteroatoms. The van der Waals surface area contributed by atoms with Gasteiger partial charge >= 0.3 is 0 Å². The molecule has 20 heavy (non-hydrogen) atoms. The summed E-state index contributed by atoms with van der Waals surface area (Å²) in [6.07, 6.45) is 4.46. The van der Waals surface area contributed by atoms with Gasteiger partial charge < -0.3 is 15.3 Å². The molecule has 1 fully saturated rings. The molecule has 1 saturated heterocycles. The summed E-state index contributed by atoms with van der Waals surface area (Å²) in [7, 11) is 0. The van der Waals surface area contributed by atoms with E-state index in [2.05, 4.69) is 34.0 Å². The lowest BCUT2D eigenvalue weighted by molar-refractivity contribution is 0.239. The highest BCUT2D eigenvalue weighted by molar-refractivity contribution is 5.59. The maximum atomic E-state index is 9.59. The highest BCUT2D eigenvalue weighted by Gasteiger charge is 2.25. The Hall–Kier alpha value is -1.36. The maximum Gasteiger partial charge on any atom is 0.137 e. The quantitative estimate of drug-likeness (QED) is 0.865.